The summed E-state index contributed by atoms with van der Waals surface area (Å²) in [5.74, 6) is 0.576. The highest BCUT2D eigenvalue weighted by molar-refractivity contribution is 5.94. The molecule has 6 nitrogen and oxygen atoms in total. The van der Waals surface area contributed by atoms with E-state index in [9.17, 15) is 4.79 Å². The third-order valence-corrected chi connectivity index (χ3v) is 6.07. The molecule has 0 N–H and O–H groups in total. The zero-order valence-electron chi connectivity index (χ0n) is 18.1. The topological polar surface area (TPSA) is 60.2 Å². The van der Waals surface area contributed by atoms with Crippen LogP contribution in [0.1, 0.15) is 24.3 Å². The zero-order valence-corrected chi connectivity index (χ0v) is 18.1. The van der Waals surface area contributed by atoms with Crippen LogP contribution in [0.5, 0.6) is 0 Å². The Balaban J connectivity index is 1.66. The van der Waals surface area contributed by atoms with E-state index in [4.69, 9.17) is 14.8 Å². The molecule has 0 saturated carbocycles. The van der Waals surface area contributed by atoms with Crippen LogP contribution in [0.2, 0.25) is 0 Å². The fraction of sp³-hybridized carbons (Fsp3) is 0.269. The van der Waals surface area contributed by atoms with E-state index in [1.54, 1.807) is 4.68 Å². The molecule has 0 aliphatic carbocycles. The Morgan fingerprint density at radius 2 is 1.66 bits per heavy atom. The molecule has 32 heavy (non-hydrogen) atoms. The monoisotopic (exact) mass is 426 g/mol. The first-order valence-electron chi connectivity index (χ1n) is 11.0. The summed E-state index contributed by atoms with van der Waals surface area (Å²) >= 11 is 0. The molecule has 1 unspecified atom stereocenters. The predicted molar refractivity (Wildman–Crippen MR) is 126 cm³/mol. The van der Waals surface area contributed by atoms with Gasteiger partial charge in [0.1, 0.15) is 11.9 Å². The normalized spacial score (nSPS) is 15.7. The summed E-state index contributed by atoms with van der Waals surface area (Å²) in [6.07, 6.45) is 0.285. The maximum atomic E-state index is 13.5. The molecule has 1 aliphatic heterocycles. The van der Waals surface area contributed by atoms with Crippen LogP contribution in [-0.2, 0) is 11.2 Å². The highest BCUT2D eigenvalue weighted by Crippen LogP contribution is 2.26. The number of nitrogens with zero attached hydrogens (tertiary/aromatic N) is 4. The van der Waals surface area contributed by atoms with Crippen molar-refractivity contribution >= 4 is 10.8 Å². The summed E-state index contributed by atoms with van der Waals surface area (Å²) in [7, 11) is 0. The molecule has 0 radical (unpaired) electrons. The van der Waals surface area contributed by atoms with E-state index in [0.29, 0.717) is 31.2 Å². The largest absolute Gasteiger partial charge is 0.379 e. The number of hydrogen-bond donors (Lipinski definition) is 0. The third-order valence-electron chi connectivity index (χ3n) is 6.07. The van der Waals surface area contributed by atoms with Crippen LogP contribution < -0.4 is 5.56 Å². The molecule has 0 amide bonds. The molecule has 3 aromatic carbocycles. The van der Waals surface area contributed by atoms with Gasteiger partial charge < -0.3 is 4.74 Å². The summed E-state index contributed by atoms with van der Waals surface area (Å²) in [4.78, 5) is 20.5. The van der Waals surface area contributed by atoms with Gasteiger partial charge in [-0.25, -0.2) is 9.67 Å². The predicted octanol–water partition coefficient (Wildman–Crippen LogP) is 3.90. The van der Waals surface area contributed by atoms with Gasteiger partial charge in [0, 0.05) is 25.1 Å². The van der Waals surface area contributed by atoms with Crippen molar-refractivity contribution in [3.8, 4) is 11.4 Å². The smallest absolute Gasteiger partial charge is 0.290 e. The maximum absolute atomic E-state index is 13.5. The summed E-state index contributed by atoms with van der Waals surface area (Å²) in [6.45, 7) is 4.90. The van der Waals surface area contributed by atoms with Gasteiger partial charge in [-0.15, -0.1) is 5.10 Å². The second kappa shape index (κ2) is 9.02. The molecule has 1 aliphatic rings. The van der Waals surface area contributed by atoms with Gasteiger partial charge in [-0.2, -0.15) is 0 Å². The van der Waals surface area contributed by atoms with Gasteiger partial charge in [-0.05, 0) is 23.3 Å². The van der Waals surface area contributed by atoms with Gasteiger partial charge in [0.25, 0.3) is 5.56 Å². The van der Waals surface area contributed by atoms with Crippen molar-refractivity contribution in [2.24, 2.45) is 0 Å². The van der Waals surface area contributed by atoms with E-state index >= 15 is 0 Å². The number of aromatic nitrogens is 3. The van der Waals surface area contributed by atoms with Gasteiger partial charge >= 0.3 is 0 Å². The van der Waals surface area contributed by atoms with Crippen LogP contribution in [0.4, 0.5) is 0 Å². The number of rotatable bonds is 5. The molecule has 6 heteroatoms. The summed E-state index contributed by atoms with van der Waals surface area (Å²) in [5, 5.41) is 6.98. The Morgan fingerprint density at radius 3 is 2.47 bits per heavy atom. The third kappa shape index (κ3) is 4.07. The van der Waals surface area contributed by atoms with Crippen LogP contribution in [0, 0.1) is 0 Å². The Bertz CT molecular complexity index is 1270. The van der Waals surface area contributed by atoms with E-state index in [1.807, 2.05) is 61.5 Å². The Kier molecular flexibility index (Phi) is 5.79. The number of hydrogen-bond acceptors (Lipinski definition) is 5. The molecule has 2 heterocycles. The fourth-order valence-corrected chi connectivity index (χ4v) is 4.28. The minimum Gasteiger partial charge on any atom is -0.379 e. The molecule has 1 atom stereocenters. The Labute approximate surface area is 187 Å². The molecule has 4 aromatic rings. The second-order valence-corrected chi connectivity index (χ2v) is 8.10. The lowest BCUT2D eigenvalue weighted by atomic mass is 10.0. The molecule has 1 saturated heterocycles. The van der Waals surface area contributed by atoms with Gasteiger partial charge in [0.2, 0.25) is 0 Å². The van der Waals surface area contributed by atoms with Crippen molar-refractivity contribution in [2.45, 2.75) is 19.5 Å². The van der Waals surface area contributed by atoms with Gasteiger partial charge in [-0.1, -0.05) is 72.8 Å². The van der Waals surface area contributed by atoms with E-state index in [0.717, 1.165) is 35.0 Å². The number of ether oxygens (including phenoxy) is 1. The van der Waals surface area contributed by atoms with E-state index in [1.165, 1.54) is 0 Å². The van der Waals surface area contributed by atoms with Crippen LogP contribution in [0.15, 0.2) is 77.6 Å². The fourth-order valence-electron chi connectivity index (χ4n) is 4.28. The van der Waals surface area contributed by atoms with Gasteiger partial charge in [0.15, 0.2) is 5.82 Å². The number of benzene rings is 3. The summed E-state index contributed by atoms with van der Waals surface area (Å²) in [5.41, 5.74) is 2.35. The molecule has 5 rings (SSSR count). The van der Waals surface area contributed by atoms with Crippen molar-refractivity contribution in [1.82, 2.24) is 19.7 Å². The second-order valence-electron chi connectivity index (χ2n) is 8.10. The van der Waals surface area contributed by atoms with E-state index < -0.39 is 0 Å². The van der Waals surface area contributed by atoms with Gasteiger partial charge in [-0.3, -0.25) is 9.69 Å². The lowest BCUT2D eigenvalue weighted by Crippen LogP contribution is -2.44. The quantitative estimate of drug-likeness (QED) is 0.484. The van der Waals surface area contributed by atoms with Crippen molar-refractivity contribution in [2.75, 3.05) is 26.3 Å². The lowest BCUT2D eigenvalue weighted by Gasteiger charge is -2.32. The molecule has 1 fully saturated rings. The average molecular weight is 427 g/mol. The minimum atomic E-state index is -0.183. The highest BCUT2D eigenvalue weighted by atomic mass is 16.5. The van der Waals surface area contributed by atoms with Gasteiger partial charge in [0.05, 0.1) is 13.2 Å². The zero-order chi connectivity index (χ0) is 21.9. The van der Waals surface area contributed by atoms with Crippen LogP contribution in [0.25, 0.3) is 22.2 Å². The molecular weight excluding hydrogens is 400 g/mol. The molecule has 1 aromatic heterocycles. The lowest BCUT2D eigenvalue weighted by molar-refractivity contribution is -0.000956. The minimum absolute atomic E-state index is 0.142. The number of fused-ring (bicyclic) bond motifs is 1. The van der Waals surface area contributed by atoms with Crippen LogP contribution in [-0.4, -0.2) is 46.0 Å². The molecule has 162 valence electrons. The van der Waals surface area contributed by atoms with Crippen molar-refractivity contribution < 1.29 is 4.74 Å². The van der Waals surface area contributed by atoms with Crippen molar-refractivity contribution in [3.05, 3.63) is 94.4 Å². The SMILES string of the molecule is CC(N1CCOCC1)n1nc(-c2cccc3ccccc23)nc(Cc2ccccc2)c1=O. The first-order valence-corrected chi connectivity index (χ1v) is 11.0. The Morgan fingerprint density at radius 1 is 0.938 bits per heavy atom. The van der Waals surface area contributed by atoms with Crippen LogP contribution >= 0.6 is 0 Å². The van der Waals surface area contributed by atoms with Crippen LogP contribution in [0.3, 0.4) is 0 Å². The summed E-state index contributed by atoms with van der Waals surface area (Å²) < 4.78 is 7.10. The van der Waals surface area contributed by atoms with E-state index in [-0.39, 0.29) is 11.7 Å². The number of morpholine rings is 1. The highest BCUT2D eigenvalue weighted by Gasteiger charge is 2.23. The molecule has 0 spiro atoms. The first-order chi connectivity index (χ1) is 15.7. The van der Waals surface area contributed by atoms with Crippen molar-refractivity contribution in [1.29, 1.82) is 0 Å². The Hall–Kier alpha value is -3.35. The van der Waals surface area contributed by atoms with E-state index in [2.05, 4.69) is 23.1 Å². The van der Waals surface area contributed by atoms with Crippen molar-refractivity contribution in [3.63, 3.8) is 0 Å². The molecule has 0 bridgehead atoms. The average Bonchev–Trinajstić information content (AvgIpc) is 2.86. The standard InChI is InChI=1S/C26H26N4O2/c1-19(29-14-16-32-17-15-29)30-26(31)24(18-20-8-3-2-4-9-20)27-25(28-30)23-13-7-11-21-10-5-6-12-22(21)23/h2-13,19H,14-18H2,1H3. The summed E-state index contributed by atoms with van der Waals surface area (Å²) in [6, 6.07) is 24.3. The first kappa shape index (κ1) is 20.5. The maximum Gasteiger partial charge on any atom is 0.290 e. The molecular formula is C26H26N4O2.